The normalized spacial score (nSPS) is 17.2. The van der Waals surface area contributed by atoms with Crippen LogP contribution in [0.3, 0.4) is 0 Å². The molecule has 0 unspecified atom stereocenters. The number of hydrogen-bond donors (Lipinski definition) is 2. The summed E-state index contributed by atoms with van der Waals surface area (Å²) in [6.45, 7) is 1.98. The molecule has 1 aliphatic rings. The molecule has 0 aromatic heterocycles. The largest absolute Gasteiger partial charge is 0.484 e. The highest BCUT2D eigenvalue weighted by Crippen LogP contribution is 2.20. The van der Waals surface area contributed by atoms with Crippen LogP contribution in [0.4, 0.5) is 0 Å². The fraction of sp³-hybridized carbons (Fsp3) is 0.588. The van der Waals surface area contributed by atoms with Crippen molar-refractivity contribution < 1.29 is 14.6 Å². The third-order valence-corrected chi connectivity index (χ3v) is 3.99. The molecule has 0 aliphatic heterocycles. The van der Waals surface area contributed by atoms with Gasteiger partial charge in [0.2, 0.25) is 0 Å². The molecule has 0 heterocycles. The Morgan fingerprint density at radius 3 is 2.57 bits per heavy atom. The summed E-state index contributed by atoms with van der Waals surface area (Å²) < 4.78 is 5.48. The molecule has 1 amide bonds. The second-order valence-electron chi connectivity index (χ2n) is 5.68. The number of benzene rings is 1. The maximum atomic E-state index is 11.8. The highest BCUT2D eigenvalue weighted by Gasteiger charge is 2.15. The summed E-state index contributed by atoms with van der Waals surface area (Å²) in [4.78, 5) is 11.8. The summed E-state index contributed by atoms with van der Waals surface area (Å²) in [5.41, 5.74) is 0.872. The zero-order valence-corrected chi connectivity index (χ0v) is 12.7. The van der Waals surface area contributed by atoms with Crippen molar-refractivity contribution in [2.24, 2.45) is 0 Å². The fourth-order valence-electron chi connectivity index (χ4n) is 2.69. The van der Waals surface area contributed by atoms with Gasteiger partial charge in [-0.15, -0.1) is 0 Å². The van der Waals surface area contributed by atoms with Gasteiger partial charge < -0.3 is 15.2 Å². The van der Waals surface area contributed by atoms with E-state index in [4.69, 9.17) is 4.74 Å². The summed E-state index contributed by atoms with van der Waals surface area (Å²) in [6.07, 6.45) is 6.08. The Hall–Kier alpha value is -1.55. The Morgan fingerprint density at radius 1 is 1.29 bits per heavy atom. The number of aliphatic hydroxyl groups is 1. The van der Waals surface area contributed by atoms with Crippen LogP contribution in [0.5, 0.6) is 5.75 Å². The SMILES string of the molecule is CC[C@H](O)c1ccc(OCC(=O)NC2CCCCC2)cc1. The van der Waals surface area contributed by atoms with Gasteiger partial charge in [-0.3, -0.25) is 4.79 Å². The maximum Gasteiger partial charge on any atom is 0.258 e. The minimum absolute atomic E-state index is 0.0478. The molecule has 0 spiro atoms. The van der Waals surface area contributed by atoms with Crippen molar-refractivity contribution in [3.63, 3.8) is 0 Å². The summed E-state index contributed by atoms with van der Waals surface area (Å²) in [7, 11) is 0. The number of nitrogens with one attached hydrogen (secondary N) is 1. The summed E-state index contributed by atoms with van der Waals surface area (Å²) in [5.74, 6) is 0.598. The summed E-state index contributed by atoms with van der Waals surface area (Å²) in [6, 6.07) is 7.58. The summed E-state index contributed by atoms with van der Waals surface area (Å²) in [5, 5.41) is 12.7. The Morgan fingerprint density at radius 2 is 1.95 bits per heavy atom. The highest BCUT2D eigenvalue weighted by atomic mass is 16.5. The van der Waals surface area contributed by atoms with E-state index in [0.29, 0.717) is 18.2 Å². The number of hydrogen-bond acceptors (Lipinski definition) is 3. The van der Waals surface area contributed by atoms with Gasteiger partial charge in [-0.05, 0) is 37.0 Å². The lowest BCUT2D eigenvalue weighted by atomic mass is 9.95. The first kappa shape index (κ1) is 15.8. The van der Waals surface area contributed by atoms with Gasteiger partial charge in [0.25, 0.3) is 5.91 Å². The molecule has 21 heavy (non-hydrogen) atoms. The number of ether oxygens (including phenoxy) is 1. The van der Waals surface area contributed by atoms with Gasteiger partial charge in [-0.25, -0.2) is 0 Å². The molecular formula is C17H25NO3. The standard InChI is InChI=1S/C17H25NO3/c1-2-16(19)13-8-10-15(11-9-13)21-12-17(20)18-14-6-4-3-5-7-14/h8-11,14,16,19H,2-7,12H2,1H3,(H,18,20)/t16-/m0/s1. The van der Waals surface area contributed by atoms with E-state index in [1.165, 1.54) is 19.3 Å². The molecule has 1 atom stereocenters. The van der Waals surface area contributed by atoms with Crippen molar-refractivity contribution in [2.45, 2.75) is 57.6 Å². The Bertz CT molecular complexity index is 438. The Labute approximate surface area is 126 Å². The van der Waals surface area contributed by atoms with Crippen LogP contribution in [-0.4, -0.2) is 23.7 Å². The predicted molar refractivity (Wildman–Crippen MR) is 82.2 cm³/mol. The molecule has 4 heteroatoms. The van der Waals surface area contributed by atoms with Crippen molar-refractivity contribution in [1.82, 2.24) is 5.32 Å². The quantitative estimate of drug-likeness (QED) is 0.847. The third kappa shape index (κ3) is 5.05. The second-order valence-corrected chi connectivity index (χ2v) is 5.68. The number of amides is 1. The Balaban J connectivity index is 1.75. The van der Waals surface area contributed by atoms with Gasteiger partial charge in [0, 0.05) is 6.04 Å². The van der Waals surface area contributed by atoms with Crippen LogP contribution in [0, 0.1) is 0 Å². The van der Waals surface area contributed by atoms with Crippen LogP contribution in [0.1, 0.15) is 57.1 Å². The van der Waals surface area contributed by atoms with Crippen LogP contribution in [-0.2, 0) is 4.79 Å². The van der Waals surface area contributed by atoms with Gasteiger partial charge in [0.05, 0.1) is 6.10 Å². The van der Waals surface area contributed by atoms with E-state index in [9.17, 15) is 9.90 Å². The van der Waals surface area contributed by atoms with Gasteiger partial charge in [-0.2, -0.15) is 0 Å². The molecule has 1 saturated carbocycles. The lowest BCUT2D eigenvalue weighted by molar-refractivity contribution is -0.124. The van der Waals surface area contributed by atoms with E-state index in [2.05, 4.69) is 5.32 Å². The van der Waals surface area contributed by atoms with E-state index in [1.54, 1.807) is 12.1 Å². The smallest absolute Gasteiger partial charge is 0.258 e. The van der Waals surface area contributed by atoms with E-state index in [0.717, 1.165) is 18.4 Å². The minimum atomic E-state index is -0.436. The zero-order chi connectivity index (χ0) is 15.1. The number of carbonyl (C=O) groups is 1. The van der Waals surface area contributed by atoms with E-state index in [1.807, 2.05) is 19.1 Å². The molecule has 1 aromatic carbocycles. The zero-order valence-electron chi connectivity index (χ0n) is 12.7. The van der Waals surface area contributed by atoms with E-state index < -0.39 is 6.10 Å². The fourth-order valence-corrected chi connectivity index (χ4v) is 2.69. The molecule has 1 fully saturated rings. The van der Waals surface area contributed by atoms with Crippen LogP contribution in [0.25, 0.3) is 0 Å². The third-order valence-electron chi connectivity index (χ3n) is 3.99. The molecule has 0 radical (unpaired) electrons. The van der Waals surface area contributed by atoms with E-state index in [-0.39, 0.29) is 12.5 Å². The Kier molecular flexibility index (Phi) is 6.05. The van der Waals surface area contributed by atoms with Crippen LogP contribution >= 0.6 is 0 Å². The first-order chi connectivity index (χ1) is 10.2. The molecule has 0 saturated heterocycles. The van der Waals surface area contributed by atoms with Gasteiger partial charge in [-0.1, -0.05) is 38.3 Å². The second kappa shape index (κ2) is 8.03. The number of carbonyl (C=O) groups excluding carboxylic acids is 1. The maximum absolute atomic E-state index is 11.8. The molecule has 116 valence electrons. The number of aliphatic hydroxyl groups excluding tert-OH is 1. The first-order valence-electron chi connectivity index (χ1n) is 7.89. The van der Waals surface area contributed by atoms with Crippen molar-refractivity contribution in [2.75, 3.05) is 6.61 Å². The molecule has 1 aromatic rings. The lowest BCUT2D eigenvalue weighted by Gasteiger charge is -2.22. The van der Waals surface area contributed by atoms with Gasteiger partial charge >= 0.3 is 0 Å². The minimum Gasteiger partial charge on any atom is -0.484 e. The van der Waals surface area contributed by atoms with Crippen molar-refractivity contribution in [1.29, 1.82) is 0 Å². The van der Waals surface area contributed by atoms with Gasteiger partial charge in [0.1, 0.15) is 5.75 Å². The van der Waals surface area contributed by atoms with Crippen molar-refractivity contribution >= 4 is 5.91 Å². The van der Waals surface area contributed by atoms with Crippen molar-refractivity contribution in [3.8, 4) is 5.75 Å². The monoisotopic (exact) mass is 291 g/mol. The molecular weight excluding hydrogens is 266 g/mol. The van der Waals surface area contributed by atoms with Crippen molar-refractivity contribution in [3.05, 3.63) is 29.8 Å². The number of rotatable bonds is 6. The first-order valence-corrected chi connectivity index (χ1v) is 7.89. The van der Waals surface area contributed by atoms with Crippen LogP contribution < -0.4 is 10.1 Å². The topological polar surface area (TPSA) is 58.6 Å². The average molecular weight is 291 g/mol. The van der Waals surface area contributed by atoms with Gasteiger partial charge in [0.15, 0.2) is 6.61 Å². The predicted octanol–water partition coefficient (Wildman–Crippen LogP) is 2.96. The molecule has 1 aliphatic carbocycles. The molecule has 2 rings (SSSR count). The molecule has 0 bridgehead atoms. The lowest BCUT2D eigenvalue weighted by Crippen LogP contribution is -2.38. The van der Waals surface area contributed by atoms with E-state index >= 15 is 0 Å². The molecule has 2 N–H and O–H groups in total. The average Bonchev–Trinajstić information content (AvgIpc) is 2.53. The summed E-state index contributed by atoms with van der Waals surface area (Å²) >= 11 is 0. The molecule has 4 nitrogen and oxygen atoms in total. The van der Waals surface area contributed by atoms with Crippen LogP contribution in [0.15, 0.2) is 24.3 Å². The van der Waals surface area contributed by atoms with Crippen LogP contribution in [0.2, 0.25) is 0 Å². The highest BCUT2D eigenvalue weighted by molar-refractivity contribution is 5.77.